The quantitative estimate of drug-likeness (QED) is 0.118. The molecule has 0 fully saturated rings. The van der Waals surface area contributed by atoms with E-state index in [-0.39, 0.29) is 81.5 Å². The Morgan fingerprint density at radius 1 is 0.382 bits per heavy atom. The van der Waals surface area contributed by atoms with Crippen LogP contribution >= 0.6 is 40.7 Å². The largest absolute Gasteiger partial charge is 0.339 e. The minimum Gasteiger partial charge on any atom is -0.339 e. The minimum absolute atomic E-state index is 0. The summed E-state index contributed by atoms with van der Waals surface area (Å²) in [6.07, 6.45) is 1.92. The summed E-state index contributed by atoms with van der Waals surface area (Å²) in [5.41, 5.74) is 0. The molecule has 0 spiro atoms. The first kappa shape index (κ1) is 35.8. The molecule has 0 aliphatic heterocycles. The molecule has 188 valence electrons. The molecule has 0 heterocycles. The van der Waals surface area contributed by atoms with Crippen LogP contribution in [0.1, 0.15) is 0 Å². The summed E-state index contributed by atoms with van der Waals surface area (Å²) in [5, 5.41) is 5.64. The van der Waals surface area contributed by atoms with Crippen LogP contribution < -0.4 is 21.2 Å². The van der Waals surface area contributed by atoms with Crippen LogP contribution in [0.3, 0.4) is 0 Å². The maximum absolute atomic E-state index is 4.07. The van der Waals surface area contributed by atoms with Gasteiger partial charge in [0.25, 0.3) is 0 Å². The van der Waals surface area contributed by atoms with Crippen molar-refractivity contribution >= 4 is 61.9 Å². The zero-order valence-electron chi connectivity index (χ0n) is 18.7. The van der Waals surface area contributed by atoms with Crippen molar-refractivity contribution in [2.24, 2.45) is 0 Å². The molecule has 0 aromatic heterocycles. The zero-order chi connectivity index (χ0) is 21.0. The fourth-order valence-corrected chi connectivity index (χ4v) is 7.00. The zero-order valence-corrected chi connectivity index (χ0v) is 25.2. The Kier molecular flexibility index (Phi) is 21.9. The molecule has 0 N–H and O–H groups in total. The van der Waals surface area contributed by atoms with Gasteiger partial charge in [-0.2, -0.15) is 12.3 Å². The summed E-state index contributed by atoms with van der Waals surface area (Å²) in [7, 11) is -0.520. The van der Waals surface area contributed by atoms with E-state index in [0.29, 0.717) is 0 Å². The van der Waals surface area contributed by atoms with Crippen LogP contribution in [-0.4, -0.2) is 12.3 Å². The number of hydrogen-bond acceptors (Lipinski definition) is 0. The van der Waals surface area contributed by atoms with Gasteiger partial charge < -0.3 is 13.8 Å². The van der Waals surface area contributed by atoms with Crippen molar-refractivity contribution < 1.29 is 40.8 Å². The van der Waals surface area contributed by atoms with Gasteiger partial charge >= 0.3 is 0 Å². The van der Waals surface area contributed by atoms with Gasteiger partial charge in [0.2, 0.25) is 0 Å². The average molecular weight is 712 g/mol. The predicted octanol–water partition coefficient (Wildman–Crippen LogP) is 6.75. The van der Waals surface area contributed by atoms with Crippen LogP contribution in [0.5, 0.6) is 0 Å². The van der Waals surface area contributed by atoms with Crippen molar-refractivity contribution in [3.8, 4) is 0 Å². The van der Waals surface area contributed by atoms with Crippen LogP contribution in [-0.2, 0) is 40.8 Å². The normalized spacial score (nSPS) is 9.29. The molecule has 6 heteroatoms. The Morgan fingerprint density at radius 2 is 0.559 bits per heavy atom. The van der Waals surface area contributed by atoms with Crippen LogP contribution in [0.2, 0.25) is 0 Å². The summed E-state index contributed by atoms with van der Waals surface area (Å²) >= 11 is 0. The molecule has 0 unspecified atom stereocenters. The van der Waals surface area contributed by atoms with Gasteiger partial charge in [-0.15, -0.1) is 24.8 Å². The second-order valence-corrected chi connectivity index (χ2v) is 11.3. The van der Waals surface area contributed by atoms with Gasteiger partial charge in [0.15, 0.2) is 0 Å². The molecular formula is C28H30Cl2P2Pd2-2. The first-order valence-corrected chi connectivity index (χ1v) is 13.2. The van der Waals surface area contributed by atoms with Crippen molar-refractivity contribution in [2.45, 2.75) is 0 Å². The first-order valence-electron chi connectivity index (χ1n) is 10.2. The molecule has 0 saturated heterocycles. The number of benzene rings is 4. The fourth-order valence-electron chi connectivity index (χ4n) is 3.25. The standard InChI is InChI=1S/2C14H14P.2ClH.2Pd/c2*1-2-15(13-9-5-3-6-10-13)14-11-7-4-8-12-14;;;;/h2*3-12H,1-2H2;2*1H;;/q2*-1;;;;. The third-order valence-corrected chi connectivity index (χ3v) is 9.30. The summed E-state index contributed by atoms with van der Waals surface area (Å²) in [4.78, 5) is 0. The van der Waals surface area contributed by atoms with Gasteiger partial charge in [-0.1, -0.05) is 137 Å². The molecular weight excluding hydrogens is 682 g/mol. The molecule has 0 aliphatic carbocycles. The molecule has 0 bridgehead atoms. The number of halogens is 2. The average Bonchev–Trinajstić information content (AvgIpc) is 2.83. The molecule has 0 saturated carbocycles. The molecule has 0 amide bonds. The van der Waals surface area contributed by atoms with E-state index in [4.69, 9.17) is 0 Å². The van der Waals surface area contributed by atoms with E-state index in [9.17, 15) is 0 Å². The van der Waals surface area contributed by atoms with Crippen LogP contribution in [0.4, 0.5) is 0 Å². The van der Waals surface area contributed by atoms with E-state index in [2.05, 4.69) is 135 Å². The van der Waals surface area contributed by atoms with Gasteiger partial charge in [-0.05, 0) is 21.2 Å². The SMILES string of the molecule is Cl.Cl.[CH2-]CP(c1ccccc1)c1ccccc1.[CH2-]CP(c1ccccc1)c1ccccc1.[Pd].[Pd]. The van der Waals surface area contributed by atoms with Gasteiger partial charge in [0, 0.05) is 40.8 Å². The molecule has 4 aromatic rings. The summed E-state index contributed by atoms with van der Waals surface area (Å²) < 4.78 is 0. The summed E-state index contributed by atoms with van der Waals surface area (Å²) in [6.45, 7) is 8.14. The van der Waals surface area contributed by atoms with Gasteiger partial charge in [0.1, 0.15) is 0 Å². The molecule has 0 nitrogen and oxygen atoms in total. The third-order valence-electron chi connectivity index (χ3n) is 4.72. The Balaban J connectivity index is 0. The van der Waals surface area contributed by atoms with E-state index in [1.165, 1.54) is 21.2 Å². The molecule has 4 aromatic carbocycles. The molecule has 34 heavy (non-hydrogen) atoms. The van der Waals surface area contributed by atoms with Gasteiger partial charge in [-0.25, -0.2) is 0 Å². The predicted molar refractivity (Wildman–Crippen MR) is 153 cm³/mol. The minimum atomic E-state index is -0.260. The van der Waals surface area contributed by atoms with Crippen molar-refractivity contribution in [2.75, 3.05) is 12.3 Å². The maximum Gasteiger partial charge on any atom is 0 e. The van der Waals surface area contributed by atoms with Crippen molar-refractivity contribution in [1.29, 1.82) is 0 Å². The molecule has 0 atom stereocenters. The molecule has 0 radical (unpaired) electrons. The first-order chi connectivity index (χ1) is 14.8. The van der Waals surface area contributed by atoms with E-state index < -0.39 is 0 Å². The third kappa shape index (κ3) is 11.1. The smallest absolute Gasteiger partial charge is 0 e. The van der Waals surface area contributed by atoms with Crippen LogP contribution in [0.15, 0.2) is 121 Å². The van der Waals surface area contributed by atoms with Crippen molar-refractivity contribution in [1.82, 2.24) is 0 Å². The van der Waals surface area contributed by atoms with E-state index in [1.54, 1.807) is 0 Å². The summed E-state index contributed by atoms with van der Waals surface area (Å²) in [6, 6.07) is 42.6. The van der Waals surface area contributed by atoms with Crippen molar-refractivity contribution in [3.05, 3.63) is 135 Å². The fraction of sp³-hybridized carbons (Fsp3) is 0.0714. The van der Waals surface area contributed by atoms with E-state index >= 15 is 0 Å². The molecule has 4 rings (SSSR count). The topological polar surface area (TPSA) is 0 Å². The van der Waals surface area contributed by atoms with E-state index in [0.717, 1.165) is 12.3 Å². The van der Waals surface area contributed by atoms with Gasteiger partial charge in [0.05, 0.1) is 0 Å². The van der Waals surface area contributed by atoms with Crippen LogP contribution in [0, 0.1) is 13.8 Å². The number of rotatable bonds is 6. The Bertz CT molecular complexity index is 814. The maximum atomic E-state index is 4.07. The van der Waals surface area contributed by atoms with Gasteiger partial charge in [-0.3, -0.25) is 0 Å². The second-order valence-electron chi connectivity index (χ2n) is 6.65. The van der Waals surface area contributed by atoms with E-state index in [1.807, 2.05) is 0 Å². The monoisotopic (exact) mass is 710 g/mol. The Labute approximate surface area is 248 Å². The van der Waals surface area contributed by atoms with Crippen LogP contribution in [0.25, 0.3) is 0 Å². The Morgan fingerprint density at radius 3 is 0.706 bits per heavy atom. The molecule has 0 aliphatic rings. The Hall–Kier alpha value is -0.355. The summed E-state index contributed by atoms with van der Waals surface area (Å²) in [5.74, 6) is 0. The second kappa shape index (κ2) is 20.8. The van der Waals surface area contributed by atoms with Crippen molar-refractivity contribution in [3.63, 3.8) is 0 Å². The number of hydrogen-bond donors (Lipinski definition) is 0.